The zero-order chi connectivity index (χ0) is 28.0. The molecule has 1 aromatic carbocycles. The minimum Gasteiger partial charge on any atom is -0.508 e. The van der Waals surface area contributed by atoms with Gasteiger partial charge in [-0.25, -0.2) is 0 Å². The smallest absolute Gasteiger partial charge is 0.222 e. The molecule has 0 aromatic heterocycles. The molecule has 4 rings (SSSR count). The Morgan fingerprint density at radius 2 is 1.85 bits per heavy atom. The summed E-state index contributed by atoms with van der Waals surface area (Å²) in [7, 11) is 1.97. The molecule has 39 heavy (non-hydrogen) atoms. The highest BCUT2D eigenvalue weighted by Crippen LogP contribution is 2.69. The number of aromatic hydroxyl groups is 1. The van der Waals surface area contributed by atoms with Crippen LogP contribution in [0.1, 0.15) is 127 Å². The highest BCUT2D eigenvalue weighted by Gasteiger charge is 2.63. The van der Waals surface area contributed by atoms with Gasteiger partial charge >= 0.3 is 0 Å². The van der Waals surface area contributed by atoms with E-state index in [0.29, 0.717) is 35.8 Å². The van der Waals surface area contributed by atoms with Gasteiger partial charge in [0.05, 0.1) is 6.10 Å². The van der Waals surface area contributed by atoms with E-state index >= 15 is 0 Å². The van der Waals surface area contributed by atoms with Gasteiger partial charge in [-0.3, -0.25) is 4.79 Å². The van der Waals surface area contributed by atoms with Crippen LogP contribution >= 0.6 is 0 Å². The van der Waals surface area contributed by atoms with Crippen LogP contribution in [0.15, 0.2) is 30.9 Å². The Bertz CT molecular complexity index is 975. The van der Waals surface area contributed by atoms with Crippen molar-refractivity contribution in [2.24, 2.45) is 22.7 Å². The van der Waals surface area contributed by atoms with Crippen molar-refractivity contribution in [2.45, 2.75) is 129 Å². The van der Waals surface area contributed by atoms with Gasteiger partial charge in [-0.05, 0) is 103 Å². The molecule has 3 aliphatic carbocycles. The molecule has 0 heterocycles. The second-order valence-electron chi connectivity index (χ2n) is 13.5. The van der Waals surface area contributed by atoms with Crippen LogP contribution < -0.4 is 0 Å². The molecule has 1 amide bonds. The maximum absolute atomic E-state index is 12.4. The number of rotatable bonds is 14. The number of nitrogens with zero attached hydrogens (tertiary/aromatic N) is 1. The van der Waals surface area contributed by atoms with Gasteiger partial charge in [0.2, 0.25) is 5.91 Å². The lowest BCUT2D eigenvalue weighted by atomic mass is 9.44. The summed E-state index contributed by atoms with van der Waals surface area (Å²) in [4.78, 5) is 14.4. The molecule has 4 heteroatoms. The number of amides is 1. The van der Waals surface area contributed by atoms with E-state index in [9.17, 15) is 15.0 Å². The monoisotopic (exact) mass is 537 g/mol. The molecule has 0 bridgehead atoms. The van der Waals surface area contributed by atoms with Crippen molar-refractivity contribution in [1.29, 1.82) is 0 Å². The minimum absolute atomic E-state index is 0.0265. The highest BCUT2D eigenvalue weighted by atomic mass is 16.3. The standard InChI is InChI=1S/C35H55NO3/c1-5-7-8-9-13-16-32(39)36(4)23-14-11-10-12-15-27-25-34(3)30(19-20-31(34)38)35(6-2)22-21-26-24-28(37)17-18-29(26)33(27)35/h6,17-18,24,27,30-31,33,37-38H,2,5,7-16,19-23,25H2,1,3-4H3/t27-,30+,31-,33+,34-,35-/m0/s1. The summed E-state index contributed by atoms with van der Waals surface area (Å²) in [5.41, 5.74) is 2.71. The quantitative estimate of drug-likeness (QED) is 0.186. The predicted molar refractivity (Wildman–Crippen MR) is 161 cm³/mol. The van der Waals surface area contributed by atoms with Crippen LogP contribution in [0.3, 0.4) is 0 Å². The summed E-state index contributed by atoms with van der Waals surface area (Å²) in [6.45, 7) is 9.86. The summed E-state index contributed by atoms with van der Waals surface area (Å²) in [5.74, 6) is 2.07. The number of allylic oxidation sites excluding steroid dienone is 1. The predicted octanol–water partition coefficient (Wildman–Crippen LogP) is 8.16. The Morgan fingerprint density at radius 3 is 2.62 bits per heavy atom. The van der Waals surface area contributed by atoms with Crippen molar-refractivity contribution in [3.63, 3.8) is 0 Å². The van der Waals surface area contributed by atoms with Crippen LogP contribution in [0.2, 0.25) is 0 Å². The van der Waals surface area contributed by atoms with Gasteiger partial charge in [0.1, 0.15) is 5.75 Å². The van der Waals surface area contributed by atoms with Crippen molar-refractivity contribution in [2.75, 3.05) is 13.6 Å². The number of fused-ring (bicyclic) bond motifs is 5. The van der Waals surface area contributed by atoms with Crippen molar-refractivity contribution >= 4 is 5.91 Å². The fourth-order valence-corrected chi connectivity index (χ4v) is 9.00. The molecule has 218 valence electrons. The summed E-state index contributed by atoms with van der Waals surface area (Å²) in [6.07, 6.45) is 19.6. The Morgan fingerprint density at radius 1 is 1.10 bits per heavy atom. The van der Waals surface area contributed by atoms with E-state index in [1.807, 2.05) is 24.1 Å². The first-order valence-corrected chi connectivity index (χ1v) is 16.1. The number of unbranched alkanes of at least 4 members (excludes halogenated alkanes) is 7. The molecular weight excluding hydrogens is 482 g/mol. The first-order valence-electron chi connectivity index (χ1n) is 16.1. The number of carbonyl (C=O) groups excluding carboxylic acids is 1. The molecule has 0 spiro atoms. The zero-order valence-corrected chi connectivity index (χ0v) is 25.1. The first kappa shape index (κ1) is 30.2. The fourth-order valence-electron chi connectivity index (χ4n) is 9.00. The number of benzene rings is 1. The molecule has 1 aromatic rings. The average molecular weight is 538 g/mol. The van der Waals surface area contributed by atoms with E-state index in [4.69, 9.17) is 0 Å². The summed E-state index contributed by atoms with van der Waals surface area (Å²) in [6, 6.07) is 6.04. The second-order valence-corrected chi connectivity index (χ2v) is 13.5. The maximum atomic E-state index is 12.4. The van der Waals surface area contributed by atoms with E-state index in [-0.39, 0.29) is 16.9 Å². The second kappa shape index (κ2) is 13.2. The summed E-state index contributed by atoms with van der Waals surface area (Å²) in [5, 5.41) is 21.4. The topological polar surface area (TPSA) is 60.8 Å². The Labute approximate surface area is 238 Å². The average Bonchev–Trinajstić information content (AvgIpc) is 3.23. The molecular formula is C35H55NO3. The van der Waals surface area contributed by atoms with Crippen LogP contribution in [0.5, 0.6) is 5.75 Å². The van der Waals surface area contributed by atoms with Crippen LogP contribution in [-0.2, 0) is 11.2 Å². The fraction of sp³-hybridized carbons (Fsp3) is 0.743. The number of carbonyl (C=O) groups is 1. The molecule has 0 unspecified atom stereocenters. The summed E-state index contributed by atoms with van der Waals surface area (Å²) < 4.78 is 0. The number of aryl methyl sites for hydroxylation is 1. The van der Waals surface area contributed by atoms with Crippen LogP contribution in [0.4, 0.5) is 0 Å². The number of hydrogen-bond donors (Lipinski definition) is 2. The molecule has 2 N–H and O–H groups in total. The number of hydrogen-bond acceptors (Lipinski definition) is 3. The Kier molecular flexibility index (Phi) is 10.2. The molecule has 2 fully saturated rings. The number of aliphatic hydroxyl groups is 1. The zero-order valence-electron chi connectivity index (χ0n) is 25.1. The van der Waals surface area contributed by atoms with Gasteiger partial charge in [0.25, 0.3) is 0 Å². The van der Waals surface area contributed by atoms with E-state index in [2.05, 4.69) is 32.6 Å². The van der Waals surface area contributed by atoms with E-state index in [0.717, 1.165) is 57.9 Å². The van der Waals surface area contributed by atoms with Gasteiger partial charge in [-0.15, -0.1) is 6.58 Å². The minimum atomic E-state index is -0.219. The number of aliphatic hydroxyl groups excluding tert-OH is 1. The Hall–Kier alpha value is -1.81. The lowest BCUT2D eigenvalue weighted by Crippen LogP contribution is -2.54. The van der Waals surface area contributed by atoms with E-state index in [1.54, 1.807) is 0 Å². The first-order chi connectivity index (χ1) is 18.8. The van der Waals surface area contributed by atoms with Gasteiger partial charge in [0.15, 0.2) is 0 Å². The molecule has 2 saturated carbocycles. The van der Waals surface area contributed by atoms with Crippen molar-refractivity contribution in [1.82, 2.24) is 4.90 Å². The number of phenolic OH excluding ortho intramolecular Hbond substituents is 1. The number of phenols is 1. The molecule has 3 aliphatic rings. The highest BCUT2D eigenvalue weighted by molar-refractivity contribution is 5.75. The third-order valence-corrected chi connectivity index (χ3v) is 11.1. The van der Waals surface area contributed by atoms with Gasteiger partial charge in [-0.2, -0.15) is 0 Å². The van der Waals surface area contributed by atoms with Crippen molar-refractivity contribution in [3.05, 3.63) is 42.0 Å². The summed E-state index contributed by atoms with van der Waals surface area (Å²) >= 11 is 0. The van der Waals surface area contributed by atoms with Crippen LogP contribution in [0.25, 0.3) is 0 Å². The van der Waals surface area contributed by atoms with Crippen molar-refractivity contribution in [3.8, 4) is 5.75 Å². The van der Waals surface area contributed by atoms with E-state index < -0.39 is 0 Å². The molecule has 0 aliphatic heterocycles. The van der Waals surface area contributed by atoms with Gasteiger partial charge in [0, 0.05) is 20.0 Å². The molecule has 0 saturated heterocycles. The Balaban J connectivity index is 1.34. The van der Waals surface area contributed by atoms with Crippen molar-refractivity contribution < 1.29 is 15.0 Å². The lowest BCUT2D eigenvalue weighted by molar-refractivity contribution is -0.130. The molecule has 6 atom stereocenters. The van der Waals surface area contributed by atoms with Crippen LogP contribution in [-0.4, -0.2) is 40.7 Å². The lowest BCUT2D eigenvalue weighted by Gasteiger charge is -2.60. The van der Waals surface area contributed by atoms with Gasteiger partial charge < -0.3 is 15.1 Å². The van der Waals surface area contributed by atoms with Gasteiger partial charge in [-0.1, -0.05) is 70.9 Å². The third-order valence-electron chi connectivity index (χ3n) is 11.1. The third kappa shape index (κ3) is 6.26. The molecule has 0 radical (unpaired) electrons. The van der Waals surface area contributed by atoms with Crippen LogP contribution in [0, 0.1) is 22.7 Å². The van der Waals surface area contributed by atoms with E-state index in [1.165, 1.54) is 56.1 Å². The normalized spacial score (nSPS) is 31.3. The SMILES string of the molecule is C=C[C@@]12CCc3cc(O)ccc3[C@H]1[C@@H](CCCCCCN(C)C(=O)CCCCCCC)C[C@@]1(C)[C@H]2CC[C@@H]1O. The molecule has 4 nitrogen and oxygen atoms in total. The largest absolute Gasteiger partial charge is 0.508 e. The maximum Gasteiger partial charge on any atom is 0.222 e.